The SMILES string of the molecule is CC1=C(C)C(=O)O[C@@H]([C@H](C)[C@H]2CC[C@H]3[C@@H]4C[C@@H]5O[C@@]56[C@H](O)C=CC(=O)[C@@]6(C)[C@@H]4CC[C@]23C)C1. The van der Waals surface area contributed by atoms with Crippen LogP contribution in [0.2, 0.25) is 0 Å². The quantitative estimate of drug-likeness (QED) is 0.495. The minimum atomic E-state index is -0.697. The topological polar surface area (TPSA) is 76.1 Å². The standard InChI is InChI=1S/C28H38O5/c1-14-12-21(32-25(31)15(14)2)16(3)18-6-7-19-17-13-24-28(33-24)23(30)9-8-22(29)27(28,5)20(17)10-11-26(18,19)4/h8-9,16-21,23-24,30H,6-7,10-13H2,1-5H3/t16-,17+,18-,19+,20-,21-,23-,24+,26-,27-,28+/m1/s1. The fourth-order valence-corrected chi connectivity index (χ4v) is 9.54. The second-order valence-electron chi connectivity index (χ2n) is 12.5. The fourth-order valence-electron chi connectivity index (χ4n) is 9.54. The number of fused-ring (bicyclic) bond motifs is 4. The molecule has 0 aromatic carbocycles. The van der Waals surface area contributed by atoms with Gasteiger partial charge in [-0.3, -0.25) is 4.79 Å². The molecule has 4 aliphatic carbocycles. The lowest BCUT2D eigenvalue weighted by Crippen LogP contribution is -2.63. The highest BCUT2D eigenvalue weighted by Gasteiger charge is 2.80. The summed E-state index contributed by atoms with van der Waals surface area (Å²) in [5, 5.41) is 10.8. The molecule has 1 spiro atoms. The number of carbonyl (C=O) groups is 2. The largest absolute Gasteiger partial charge is 0.458 e. The number of esters is 1. The smallest absolute Gasteiger partial charge is 0.333 e. The van der Waals surface area contributed by atoms with E-state index in [2.05, 4.69) is 27.7 Å². The number of cyclic esters (lactones) is 1. The van der Waals surface area contributed by atoms with Gasteiger partial charge in [0.15, 0.2) is 5.78 Å². The number of allylic oxidation sites excluding steroid dienone is 1. The van der Waals surface area contributed by atoms with Crippen LogP contribution in [0.25, 0.3) is 0 Å². The van der Waals surface area contributed by atoms with Gasteiger partial charge in [-0.2, -0.15) is 0 Å². The van der Waals surface area contributed by atoms with Crippen LogP contribution in [0.4, 0.5) is 0 Å². The van der Waals surface area contributed by atoms with E-state index in [0.717, 1.165) is 43.3 Å². The summed E-state index contributed by atoms with van der Waals surface area (Å²) in [4.78, 5) is 25.7. The number of aliphatic hydroxyl groups excluding tert-OH is 1. The van der Waals surface area contributed by atoms with Crippen LogP contribution in [0.15, 0.2) is 23.3 Å². The Kier molecular flexibility index (Phi) is 4.55. The Hall–Kier alpha value is -1.46. The lowest BCUT2D eigenvalue weighted by atomic mass is 9.44. The first-order valence-electron chi connectivity index (χ1n) is 13.0. The van der Waals surface area contributed by atoms with Gasteiger partial charge in [0.1, 0.15) is 17.8 Å². The van der Waals surface area contributed by atoms with Gasteiger partial charge in [0.05, 0.1) is 11.5 Å². The first kappa shape index (κ1) is 22.0. The molecule has 6 rings (SSSR count). The van der Waals surface area contributed by atoms with Gasteiger partial charge in [-0.05, 0) is 100 Å². The molecule has 0 aromatic heterocycles. The molecule has 4 fully saturated rings. The molecule has 5 nitrogen and oxygen atoms in total. The first-order valence-corrected chi connectivity index (χ1v) is 13.0. The number of rotatable bonds is 2. The van der Waals surface area contributed by atoms with Crippen LogP contribution in [0.5, 0.6) is 0 Å². The summed E-state index contributed by atoms with van der Waals surface area (Å²) in [6.45, 7) is 10.8. The van der Waals surface area contributed by atoms with Crippen LogP contribution >= 0.6 is 0 Å². The lowest BCUT2D eigenvalue weighted by molar-refractivity contribution is -0.155. The summed E-state index contributed by atoms with van der Waals surface area (Å²) in [6.07, 6.45) is 8.75. The van der Waals surface area contributed by atoms with Crippen LogP contribution in [-0.4, -0.2) is 40.8 Å². The molecule has 0 unspecified atom stereocenters. The maximum Gasteiger partial charge on any atom is 0.333 e. The third-order valence-electron chi connectivity index (χ3n) is 11.6. The number of hydrogen-bond donors (Lipinski definition) is 1. The Morgan fingerprint density at radius 2 is 1.88 bits per heavy atom. The second kappa shape index (κ2) is 6.81. The molecule has 0 amide bonds. The molecule has 1 N–H and O–H groups in total. The first-order chi connectivity index (χ1) is 15.6. The molecule has 33 heavy (non-hydrogen) atoms. The number of epoxide rings is 1. The summed E-state index contributed by atoms with van der Waals surface area (Å²) < 4.78 is 12.2. The van der Waals surface area contributed by atoms with Gasteiger partial charge < -0.3 is 14.6 Å². The van der Waals surface area contributed by atoms with E-state index in [9.17, 15) is 14.7 Å². The maximum absolute atomic E-state index is 13.3. The summed E-state index contributed by atoms with van der Waals surface area (Å²) in [6, 6.07) is 0. The summed E-state index contributed by atoms with van der Waals surface area (Å²) >= 11 is 0. The Bertz CT molecular complexity index is 981. The molecule has 180 valence electrons. The number of carbonyl (C=O) groups excluding carboxylic acids is 2. The zero-order chi connectivity index (χ0) is 23.5. The number of hydrogen-bond acceptors (Lipinski definition) is 5. The van der Waals surface area contributed by atoms with Crippen molar-refractivity contribution in [2.45, 2.75) is 97.1 Å². The minimum absolute atomic E-state index is 0.0125. The van der Waals surface area contributed by atoms with Crippen molar-refractivity contribution >= 4 is 11.8 Å². The van der Waals surface area contributed by atoms with Crippen molar-refractivity contribution in [3.63, 3.8) is 0 Å². The summed E-state index contributed by atoms with van der Waals surface area (Å²) in [5.41, 5.74) is 0.798. The predicted octanol–water partition coefficient (Wildman–Crippen LogP) is 4.38. The van der Waals surface area contributed by atoms with E-state index in [1.54, 1.807) is 12.2 Å². The van der Waals surface area contributed by atoms with E-state index in [-0.39, 0.29) is 35.3 Å². The summed E-state index contributed by atoms with van der Waals surface area (Å²) in [7, 11) is 0. The average molecular weight is 455 g/mol. The van der Waals surface area contributed by atoms with Gasteiger partial charge >= 0.3 is 5.97 Å². The Balaban J connectivity index is 1.28. The van der Waals surface area contributed by atoms with E-state index >= 15 is 0 Å². The Labute approximate surface area is 197 Å². The van der Waals surface area contributed by atoms with Gasteiger partial charge in [-0.1, -0.05) is 19.4 Å². The molecule has 0 bridgehead atoms. The maximum atomic E-state index is 13.3. The van der Waals surface area contributed by atoms with Crippen molar-refractivity contribution in [1.82, 2.24) is 0 Å². The lowest BCUT2D eigenvalue weighted by Gasteiger charge is -2.58. The zero-order valence-electron chi connectivity index (χ0n) is 20.6. The van der Waals surface area contributed by atoms with Gasteiger partial charge in [0.2, 0.25) is 0 Å². The van der Waals surface area contributed by atoms with Gasteiger partial charge in [-0.15, -0.1) is 0 Å². The highest BCUT2D eigenvalue weighted by Crippen LogP contribution is 2.73. The number of aliphatic hydroxyl groups is 1. The number of ketones is 1. The van der Waals surface area contributed by atoms with Gasteiger partial charge in [-0.25, -0.2) is 4.79 Å². The molecule has 2 heterocycles. The van der Waals surface area contributed by atoms with Crippen molar-refractivity contribution < 1.29 is 24.2 Å². The van der Waals surface area contributed by atoms with Crippen molar-refractivity contribution in [1.29, 1.82) is 0 Å². The molecular weight excluding hydrogens is 416 g/mol. The van der Waals surface area contributed by atoms with E-state index in [0.29, 0.717) is 23.7 Å². The molecule has 3 saturated carbocycles. The molecule has 0 aromatic rings. The van der Waals surface area contributed by atoms with Crippen LogP contribution < -0.4 is 0 Å². The van der Waals surface area contributed by atoms with E-state index < -0.39 is 17.1 Å². The molecule has 2 aliphatic heterocycles. The van der Waals surface area contributed by atoms with Gasteiger partial charge in [0.25, 0.3) is 0 Å². The monoisotopic (exact) mass is 454 g/mol. The molecule has 5 heteroatoms. The summed E-state index contributed by atoms with van der Waals surface area (Å²) in [5.74, 6) is 2.09. The van der Waals surface area contributed by atoms with E-state index in [1.807, 2.05) is 6.92 Å². The van der Waals surface area contributed by atoms with Crippen LogP contribution in [0, 0.1) is 40.4 Å². The normalized spacial score (nSPS) is 53.6. The highest BCUT2D eigenvalue weighted by atomic mass is 16.6. The molecule has 11 atom stereocenters. The Morgan fingerprint density at radius 3 is 2.61 bits per heavy atom. The van der Waals surface area contributed by atoms with Crippen molar-refractivity contribution in [3.05, 3.63) is 23.3 Å². The van der Waals surface area contributed by atoms with Crippen LogP contribution in [-0.2, 0) is 19.1 Å². The molecule has 6 aliphatic rings. The minimum Gasteiger partial charge on any atom is -0.458 e. The third-order valence-corrected chi connectivity index (χ3v) is 11.6. The highest BCUT2D eigenvalue weighted by molar-refractivity contribution is 5.98. The second-order valence-corrected chi connectivity index (χ2v) is 12.5. The molecule has 0 radical (unpaired) electrons. The van der Waals surface area contributed by atoms with Crippen molar-refractivity contribution in [2.24, 2.45) is 40.4 Å². The predicted molar refractivity (Wildman–Crippen MR) is 123 cm³/mol. The van der Waals surface area contributed by atoms with E-state index in [1.165, 1.54) is 6.42 Å². The Morgan fingerprint density at radius 1 is 1.12 bits per heavy atom. The molecular formula is C28H38O5. The van der Waals surface area contributed by atoms with Crippen LogP contribution in [0.1, 0.15) is 73.1 Å². The van der Waals surface area contributed by atoms with Crippen LogP contribution in [0.3, 0.4) is 0 Å². The van der Waals surface area contributed by atoms with Gasteiger partial charge in [0, 0.05) is 12.0 Å². The van der Waals surface area contributed by atoms with Crippen molar-refractivity contribution in [3.8, 4) is 0 Å². The molecule has 1 saturated heterocycles. The fraction of sp³-hybridized carbons (Fsp3) is 0.786. The van der Waals surface area contributed by atoms with E-state index in [4.69, 9.17) is 9.47 Å². The number of ether oxygens (including phenoxy) is 2. The third kappa shape index (κ3) is 2.56. The van der Waals surface area contributed by atoms with Crippen molar-refractivity contribution in [2.75, 3.05) is 0 Å². The zero-order valence-corrected chi connectivity index (χ0v) is 20.6. The average Bonchev–Trinajstić information content (AvgIpc) is 3.41.